The predicted octanol–water partition coefficient (Wildman–Crippen LogP) is 9.78. The van der Waals surface area contributed by atoms with E-state index in [9.17, 15) is 18.8 Å². The molecule has 3 amide bonds. The number of benzene rings is 5. The van der Waals surface area contributed by atoms with Gasteiger partial charge in [0.05, 0.1) is 15.7 Å². The van der Waals surface area contributed by atoms with Crippen LogP contribution in [0.15, 0.2) is 136 Å². The van der Waals surface area contributed by atoms with Gasteiger partial charge in [0.1, 0.15) is 16.8 Å². The second-order valence-electron chi connectivity index (χ2n) is 10.0. The molecule has 0 saturated carbocycles. The zero-order valence-electron chi connectivity index (χ0n) is 24.3. The molecule has 0 aliphatic heterocycles. The summed E-state index contributed by atoms with van der Waals surface area (Å²) in [6.07, 6.45) is 1.44. The molecule has 5 aromatic carbocycles. The lowest BCUT2D eigenvalue weighted by Gasteiger charge is -2.18. The highest BCUT2D eigenvalue weighted by Crippen LogP contribution is 2.37. The molecule has 0 aromatic heterocycles. The number of halogens is 4. The lowest BCUT2D eigenvalue weighted by molar-refractivity contribution is -0.116. The Kier molecular flexibility index (Phi) is 11.5. The Morgan fingerprint density at radius 3 is 2.21 bits per heavy atom. The minimum absolute atomic E-state index is 0.0532. The van der Waals surface area contributed by atoms with E-state index in [0.29, 0.717) is 36.8 Å². The van der Waals surface area contributed by atoms with E-state index in [-0.39, 0.29) is 16.4 Å². The van der Waals surface area contributed by atoms with Gasteiger partial charge in [-0.15, -0.1) is 11.8 Å². The molecule has 0 aliphatic carbocycles. The zero-order valence-corrected chi connectivity index (χ0v) is 28.3. The highest BCUT2D eigenvalue weighted by Gasteiger charge is 2.24. The van der Waals surface area contributed by atoms with E-state index in [1.165, 1.54) is 30.0 Å². The normalized spacial score (nSPS) is 11.8. The first-order valence-electron chi connectivity index (χ1n) is 14.1. The summed E-state index contributed by atoms with van der Waals surface area (Å²) in [4.78, 5) is 40.8. The van der Waals surface area contributed by atoms with Crippen molar-refractivity contribution in [3.05, 3.63) is 164 Å². The van der Waals surface area contributed by atoms with E-state index < -0.39 is 28.8 Å². The largest absolute Gasteiger partial charge is 0.322 e. The van der Waals surface area contributed by atoms with Crippen molar-refractivity contribution in [2.75, 3.05) is 10.6 Å². The van der Waals surface area contributed by atoms with Crippen LogP contribution in [-0.2, 0) is 9.59 Å². The van der Waals surface area contributed by atoms with Crippen LogP contribution in [0, 0.1) is 5.82 Å². The van der Waals surface area contributed by atoms with Crippen LogP contribution in [0.4, 0.5) is 15.8 Å². The smallest absolute Gasteiger partial charge is 0.272 e. The van der Waals surface area contributed by atoms with Gasteiger partial charge in [-0.25, -0.2) is 4.39 Å². The van der Waals surface area contributed by atoms with Crippen LogP contribution in [-0.4, -0.2) is 17.7 Å². The standard InChI is InChI=1S/C36H25BrCl2FN3O3S/c37-25-17-18-30(29(40)20-25)42-36(46)33(22-9-3-1-4-10-22)47-27-15-8-14-26(21-27)41-35(45)31(19-24-13-7-16-28(38)32(24)39)43-34(44)23-11-5-2-6-12-23/h1-21,33H,(H,41,45)(H,42,46)(H,43,44)/b31-19+. The summed E-state index contributed by atoms with van der Waals surface area (Å²) in [5, 5.41) is 7.95. The number of carbonyl (C=O) groups excluding carboxylic acids is 3. The molecule has 3 N–H and O–H groups in total. The molecule has 1 unspecified atom stereocenters. The van der Waals surface area contributed by atoms with Crippen LogP contribution >= 0.6 is 50.9 Å². The number of carbonyl (C=O) groups is 3. The van der Waals surface area contributed by atoms with Crippen LogP contribution < -0.4 is 16.0 Å². The summed E-state index contributed by atoms with van der Waals surface area (Å²) >= 11 is 17.0. The van der Waals surface area contributed by atoms with E-state index in [1.807, 2.05) is 30.3 Å². The van der Waals surface area contributed by atoms with Gasteiger partial charge in [0.15, 0.2) is 0 Å². The molecule has 0 bridgehead atoms. The van der Waals surface area contributed by atoms with E-state index in [0.717, 1.165) is 0 Å². The molecule has 6 nitrogen and oxygen atoms in total. The molecule has 5 rings (SSSR count). The number of rotatable bonds is 10. The summed E-state index contributed by atoms with van der Waals surface area (Å²) in [6, 6.07) is 33.8. The van der Waals surface area contributed by atoms with Crippen molar-refractivity contribution in [2.45, 2.75) is 10.1 Å². The van der Waals surface area contributed by atoms with Crippen molar-refractivity contribution in [1.82, 2.24) is 5.32 Å². The molecule has 0 heterocycles. The fourth-order valence-electron chi connectivity index (χ4n) is 4.40. The number of anilines is 2. The average molecular weight is 749 g/mol. The van der Waals surface area contributed by atoms with E-state index >= 15 is 0 Å². The minimum atomic E-state index is -0.754. The zero-order chi connectivity index (χ0) is 33.3. The molecule has 1 atom stereocenters. The van der Waals surface area contributed by atoms with E-state index in [1.54, 1.807) is 78.9 Å². The van der Waals surface area contributed by atoms with Crippen LogP contribution in [0.1, 0.15) is 26.7 Å². The summed E-state index contributed by atoms with van der Waals surface area (Å²) in [7, 11) is 0. The number of hydrogen-bond donors (Lipinski definition) is 3. The molecular weight excluding hydrogens is 724 g/mol. The van der Waals surface area contributed by atoms with Gasteiger partial charge < -0.3 is 16.0 Å². The van der Waals surface area contributed by atoms with Crippen molar-refractivity contribution in [3.8, 4) is 0 Å². The Morgan fingerprint density at radius 1 is 0.787 bits per heavy atom. The van der Waals surface area contributed by atoms with Gasteiger partial charge in [-0.05, 0) is 71.8 Å². The fraction of sp³-hybridized carbons (Fsp3) is 0.0278. The van der Waals surface area contributed by atoms with Crippen molar-refractivity contribution < 1.29 is 18.8 Å². The second-order valence-corrected chi connectivity index (χ2v) is 12.9. The summed E-state index contributed by atoms with van der Waals surface area (Å²) in [6.45, 7) is 0. The lowest BCUT2D eigenvalue weighted by atomic mass is 10.1. The number of amides is 3. The number of hydrogen-bond acceptors (Lipinski definition) is 4. The topological polar surface area (TPSA) is 87.3 Å². The third-order valence-electron chi connectivity index (χ3n) is 6.69. The maximum Gasteiger partial charge on any atom is 0.272 e. The van der Waals surface area contributed by atoms with Gasteiger partial charge in [0.25, 0.3) is 11.8 Å². The van der Waals surface area contributed by atoms with Gasteiger partial charge in [-0.2, -0.15) is 0 Å². The number of nitrogens with one attached hydrogen (secondary N) is 3. The number of thioether (sulfide) groups is 1. The lowest BCUT2D eigenvalue weighted by Crippen LogP contribution is -2.30. The average Bonchev–Trinajstić information content (AvgIpc) is 3.07. The molecule has 0 fully saturated rings. The monoisotopic (exact) mass is 747 g/mol. The van der Waals surface area contributed by atoms with Gasteiger partial charge >= 0.3 is 0 Å². The minimum Gasteiger partial charge on any atom is -0.322 e. The molecule has 0 spiro atoms. The van der Waals surface area contributed by atoms with Crippen molar-refractivity contribution in [2.24, 2.45) is 0 Å². The van der Waals surface area contributed by atoms with Gasteiger partial charge in [-0.3, -0.25) is 14.4 Å². The summed E-state index contributed by atoms with van der Waals surface area (Å²) in [5.74, 6) is -2.11. The molecule has 47 heavy (non-hydrogen) atoms. The molecule has 236 valence electrons. The van der Waals surface area contributed by atoms with Crippen LogP contribution in [0.3, 0.4) is 0 Å². The highest BCUT2D eigenvalue weighted by molar-refractivity contribution is 9.10. The summed E-state index contributed by atoms with van der Waals surface area (Å²) < 4.78 is 15.1. The van der Waals surface area contributed by atoms with E-state index in [4.69, 9.17) is 23.2 Å². The molecule has 11 heteroatoms. The Labute approximate surface area is 293 Å². The van der Waals surface area contributed by atoms with Gasteiger partial charge in [0, 0.05) is 20.6 Å². The van der Waals surface area contributed by atoms with Crippen LogP contribution in [0.2, 0.25) is 10.0 Å². The van der Waals surface area contributed by atoms with E-state index in [2.05, 4.69) is 31.9 Å². The van der Waals surface area contributed by atoms with Gasteiger partial charge in [-0.1, -0.05) is 106 Å². The van der Waals surface area contributed by atoms with Crippen LogP contribution in [0.25, 0.3) is 6.08 Å². The van der Waals surface area contributed by atoms with Gasteiger partial charge in [0.2, 0.25) is 5.91 Å². The maximum absolute atomic E-state index is 14.6. The third kappa shape index (κ3) is 9.11. The Morgan fingerprint density at radius 2 is 1.49 bits per heavy atom. The predicted molar refractivity (Wildman–Crippen MR) is 191 cm³/mol. The Balaban J connectivity index is 1.40. The maximum atomic E-state index is 14.6. The highest BCUT2D eigenvalue weighted by atomic mass is 79.9. The van der Waals surface area contributed by atoms with Crippen molar-refractivity contribution in [3.63, 3.8) is 0 Å². The molecule has 5 aromatic rings. The molecule has 0 radical (unpaired) electrons. The fourth-order valence-corrected chi connectivity index (χ4v) is 6.18. The second kappa shape index (κ2) is 15.9. The first kappa shape index (κ1) is 33.9. The van der Waals surface area contributed by atoms with Crippen molar-refractivity contribution in [1.29, 1.82) is 0 Å². The first-order chi connectivity index (χ1) is 22.7. The van der Waals surface area contributed by atoms with Crippen molar-refractivity contribution >= 4 is 86.1 Å². The Hall–Kier alpha value is -4.41. The molecule has 0 aliphatic rings. The quantitative estimate of drug-likeness (QED) is 0.0981. The Bertz CT molecular complexity index is 1960. The molecular formula is C36H25BrCl2FN3O3S. The first-order valence-corrected chi connectivity index (χ1v) is 16.5. The van der Waals surface area contributed by atoms with Crippen LogP contribution in [0.5, 0.6) is 0 Å². The third-order valence-corrected chi connectivity index (χ3v) is 9.26. The SMILES string of the molecule is O=C(Nc1cccc(SC(C(=O)Nc2ccc(Br)cc2F)c2ccccc2)c1)/C(=C\c1cccc(Cl)c1Cl)NC(=O)c1ccccc1. The summed E-state index contributed by atoms with van der Waals surface area (Å²) in [5.41, 5.74) is 1.88. The molecule has 0 saturated heterocycles.